The molecule has 0 unspecified atom stereocenters. The third kappa shape index (κ3) is 1.44. The number of hydrogen-bond donors (Lipinski definition) is 1. The molecule has 74 valence electrons. The highest BCUT2D eigenvalue weighted by molar-refractivity contribution is 9.08. The van der Waals surface area contributed by atoms with Gasteiger partial charge in [0.1, 0.15) is 0 Å². The van der Waals surface area contributed by atoms with Gasteiger partial charge < -0.3 is 5.73 Å². The van der Waals surface area contributed by atoms with E-state index in [1.54, 1.807) is 11.3 Å². The van der Waals surface area contributed by atoms with Crippen LogP contribution < -0.4 is 5.73 Å². The zero-order valence-corrected chi connectivity index (χ0v) is 10.4. The first-order valence-corrected chi connectivity index (χ1v) is 6.61. The van der Waals surface area contributed by atoms with Crippen LogP contribution in [0.1, 0.15) is 18.1 Å². The van der Waals surface area contributed by atoms with E-state index in [4.69, 9.17) is 5.73 Å². The van der Waals surface area contributed by atoms with E-state index in [-0.39, 0.29) is 0 Å². The lowest BCUT2D eigenvalue weighted by molar-refractivity contribution is 1.16. The van der Waals surface area contributed by atoms with Crippen LogP contribution in [0.3, 0.4) is 0 Å². The maximum absolute atomic E-state index is 6.07. The molecule has 0 radical (unpaired) electrons. The second-order valence-corrected chi connectivity index (χ2v) is 4.74. The summed E-state index contributed by atoms with van der Waals surface area (Å²) < 4.78 is 1.34. The quantitative estimate of drug-likeness (QED) is 0.649. The molecular formula is C11H12BrNS. The van der Waals surface area contributed by atoms with Gasteiger partial charge in [-0.3, -0.25) is 0 Å². The van der Waals surface area contributed by atoms with Crippen LogP contribution in [0, 0.1) is 0 Å². The van der Waals surface area contributed by atoms with Gasteiger partial charge in [0.05, 0.1) is 0 Å². The average Bonchev–Trinajstić information content (AvgIpc) is 2.68. The van der Waals surface area contributed by atoms with Gasteiger partial charge in [-0.15, -0.1) is 11.3 Å². The highest BCUT2D eigenvalue weighted by Gasteiger charge is 2.08. The van der Waals surface area contributed by atoms with E-state index < -0.39 is 0 Å². The lowest BCUT2D eigenvalue weighted by Crippen LogP contribution is -1.94. The Hall–Kier alpha value is -0.540. The predicted octanol–water partition coefficient (Wildman–Crippen LogP) is 3.94. The summed E-state index contributed by atoms with van der Waals surface area (Å²) in [5, 5.41) is 4.15. The van der Waals surface area contributed by atoms with Crippen molar-refractivity contribution in [1.29, 1.82) is 0 Å². The molecule has 0 saturated carbocycles. The highest BCUT2D eigenvalue weighted by Crippen LogP contribution is 2.33. The van der Waals surface area contributed by atoms with Crippen molar-refractivity contribution in [2.45, 2.75) is 18.7 Å². The van der Waals surface area contributed by atoms with Gasteiger partial charge in [0.2, 0.25) is 0 Å². The fourth-order valence-electron chi connectivity index (χ4n) is 1.67. The monoisotopic (exact) mass is 269 g/mol. The van der Waals surface area contributed by atoms with Crippen molar-refractivity contribution < 1.29 is 0 Å². The van der Waals surface area contributed by atoms with Gasteiger partial charge in [-0.1, -0.05) is 28.9 Å². The second kappa shape index (κ2) is 3.91. The van der Waals surface area contributed by atoms with Crippen molar-refractivity contribution in [3.8, 4) is 0 Å². The van der Waals surface area contributed by atoms with Crippen molar-refractivity contribution in [1.82, 2.24) is 0 Å². The number of anilines is 1. The van der Waals surface area contributed by atoms with Gasteiger partial charge in [0, 0.05) is 21.1 Å². The summed E-state index contributed by atoms with van der Waals surface area (Å²) in [6.07, 6.45) is 1.07. The Kier molecular flexibility index (Phi) is 2.79. The van der Waals surface area contributed by atoms with Crippen molar-refractivity contribution >= 4 is 43.0 Å². The fraction of sp³-hybridized carbons (Fsp3) is 0.273. The zero-order valence-electron chi connectivity index (χ0n) is 8.01. The number of halogens is 1. The van der Waals surface area contributed by atoms with E-state index >= 15 is 0 Å². The zero-order chi connectivity index (χ0) is 10.1. The van der Waals surface area contributed by atoms with Crippen LogP contribution >= 0.6 is 27.3 Å². The van der Waals surface area contributed by atoms with Crippen LogP contribution in [0.25, 0.3) is 10.1 Å². The molecule has 14 heavy (non-hydrogen) atoms. The number of alkyl halides is 1. The van der Waals surface area contributed by atoms with Gasteiger partial charge in [-0.05, 0) is 29.0 Å². The summed E-state index contributed by atoms with van der Waals surface area (Å²) in [5.41, 5.74) is 9.60. The molecule has 0 aliphatic heterocycles. The number of hydrogen-bond acceptors (Lipinski definition) is 2. The van der Waals surface area contributed by atoms with Crippen LogP contribution in [0.4, 0.5) is 5.69 Å². The molecule has 1 nitrogen and oxygen atoms in total. The first-order valence-electron chi connectivity index (χ1n) is 4.61. The van der Waals surface area contributed by atoms with Crippen LogP contribution in [0.15, 0.2) is 17.5 Å². The molecule has 3 heteroatoms. The maximum Gasteiger partial charge on any atom is 0.0443 e. The molecule has 0 saturated heterocycles. The Labute approximate surface area is 96.1 Å². The third-order valence-electron chi connectivity index (χ3n) is 2.47. The van der Waals surface area contributed by atoms with E-state index in [0.717, 1.165) is 17.4 Å². The summed E-state index contributed by atoms with van der Waals surface area (Å²) in [6.45, 7) is 2.18. The normalized spacial score (nSPS) is 11.0. The van der Waals surface area contributed by atoms with E-state index in [1.807, 2.05) is 0 Å². The summed E-state index contributed by atoms with van der Waals surface area (Å²) in [7, 11) is 0. The molecule has 0 fully saturated rings. The van der Waals surface area contributed by atoms with Crippen LogP contribution in [0.5, 0.6) is 0 Å². The molecule has 2 rings (SSSR count). The van der Waals surface area contributed by atoms with Crippen molar-refractivity contribution in [3.63, 3.8) is 0 Å². The van der Waals surface area contributed by atoms with E-state index in [0.29, 0.717) is 0 Å². The number of rotatable bonds is 2. The Morgan fingerprint density at radius 1 is 1.43 bits per heavy atom. The first-order chi connectivity index (χ1) is 6.77. The number of fused-ring (bicyclic) bond motifs is 1. The lowest BCUT2D eigenvalue weighted by Gasteiger charge is -2.07. The minimum Gasteiger partial charge on any atom is -0.398 e. The number of thiophene rings is 1. The molecule has 1 heterocycles. The fourth-order valence-corrected chi connectivity index (χ4v) is 3.13. The SMILES string of the molecule is CCc1cc(CBr)c(N)c2ccsc12. The van der Waals surface area contributed by atoms with Crippen LogP contribution in [-0.2, 0) is 11.8 Å². The smallest absolute Gasteiger partial charge is 0.0443 e. The van der Waals surface area contributed by atoms with E-state index in [1.165, 1.54) is 21.2 Å². The summed E-state index contributed by atoms with van der Waals surface area (Å²) in [4.78, 5) is 0. The topological polar surface area (TPSA) is 26.0 Å². The largest absolute Gasteiger partial charge is 0.398 e. The number of aryl methyl sites for hydroxylation is 1. The summed E-state index contributed by atoms with van der Waals surface area (Å²) in [6, 6.07) is 4.32. The number of nitrogen functional groups attached to an aromatic ring is 1. The van der Waals surface area contributed by atoms with Crippen LogP contribution in [0.2, 0.25) is 0 Å². The molecule has 0 amide bonds. The van der Waals surface area contributed by atoms with Gasteiger partial charge >= 0.3 is 0 Å². The molecule has 1 aromatic carbocycles. The van der Waals surface area contributed by atoms with Crippen molar-refractivity contribution in [2.24, 2.45) is 0 Å². The molecule has 0 aliphatic rings. The van der Waals surface area contributed by atoms with Gasteiger partial charge in [-0.2, -0.15) is 0 Å². The molecular weight excluding hydrogens is 258 g/mol. The lowest BCUT2D eigenvalue weighted by atomic mass is 10.0. The second-order valence-electron chi connectivity index (χ2n) is 3.26. The average molecular weight is 270 g/mol. The third-order valence-corrected chi connectivity index (χ3v) is 4.06. The van der Waals surface area contributed by atoms with Gasteiger partial charge in [0.25, 0.3) is 0 Å². The molecule has 0 aliphatic carbocycles. The first kappa shape index (κ1) is 9.99. The van der Waals surface area contributed by atoms with Crippen LogP contribution in [-0.4, -0.2) is 0 Å². The summed E-state index contributed by atoms with van der Waals surface area (Å²) >= 11 is 5.25. The van der Waals surface area contributed by atoms with Gasteiger partial charge in [0.15, 0.2) is 0 Å². The number of nitrogens with two attached hydrogens (primary N) is 1. The van der Waals surface area contributed by atoms with Crippen molar-refractivity contribution in [3.05, 3.63) is 28.6 Å². The molecule has 0 atom stereocenters. The Morgan fingerprint density at radius 3 is 2.86 bits per heavy atom. The van der Waals surface area contributed by atoms with Gasteiger partial charge in [-0.25, -0.2) is 0 Å². The Balaban J connectivity index is 2.80. The molecule has 2 aromatic rings. The van der Waals surface area contributed by atoms with E-state index in [9.17, 15) is 0 Å². The Morgan fingerprint density at radius 2 is 2.21 bits per heavy atom. The predicted molar refractivity (Wildman–Crippen MR) is 68.2 cm³/mol. The molecule has 2 N–H and O–H groups in total. The molecule has 1 aromatic heterocycles. The number of benzene rings is 1. The van der Waals surface area contributed by atoms with E-state index in [2.05, 4.69) is 40.4 Å². The minimum atomic E-state index is 0.831. The molecule has 0 bridgehead atoms. The molecule has 0 spiro atoms. The minimum absolute atomic E-state index is 0.831. The van der Waals surface area contributed by atoms with Crippen molar-refractivity contribution in [2.75, 3.05) is 5.73 Å². The highest BCUT2D eigenvalue weighted by atomic mass is 79.9. The standard InChI is InChI=1S/C11H12BrNS/c1-2-7-5-8(6-12)10(13)9-3-4-14-11(7)9/h3-5H,2,6,13H2,1H3. The Bertz CT molecular complexity index is 462. The maximum atomic E-state index is 6.07. The summed E-state index contributed by atoms with van der Waals surface area (Å²) in [5.74, 6) is 0.